The van der Waals surface area contributed by atoms with Crippen LogP contribution in [0.1, 0.15) is 17.8 Å². The van der Waals surface area contributed by atoms with Crippen LogP contribution in [0.3, 0.4) is 0 Å². The summed E-state index contributed by atoms with van der Waals surface area (Å²) < 4.78 is 11.7. The molecule has 5 atom stereocenters. The van der Waals surface area contributed by atoms with Crippen molar-refractivity contribution in [2.75, 3.05) is 0 Å². The number of benzene rings is 6. The number of fused-ring (bicyclic) bond motifs is 13. The Bertz CT molecular complexity index is 2940. The van der Waals surface area contributed by atoms with Crippen molar-refractivity contribution in [2.45, 2.75) is 24.3 Å². The molecule has 1 fully saturated rings. The van der Waals surface area contributed by atoms with Crippen molar-refractivity contribution in [3.05, 3.63) is 151 Å². The number of hydrogen-bond acceptors (Lipinski definition) is 3. The summed E-state index contributed by atoms with van der Waals surface area (Å²) in [6.45, 7) is 0. The largest absolute Gasteiger partial charge is 0.456 e. The van der Waals surface area contributed by atoms with Crippen LogP contribution in [-0.2, 0) is 0 Å². The minimum Gasteiger partial charge on any atom is -0.456 e. The van der Waals surface area contributed by atoms with Gasteiger partial charge in [-0.15, -0.1) is 0 Å². The monoisotopic (exact) mass is 630 g/mol. The highest BCUT2D eigenvalue weighted by molar-refractivity contribution is 6.21. The van der Waals surface area contributed by atoms with Gasteiger partial charge in [0.1, 0.15) is 17.3 Å². The van der Waals surface area contributed by atoms with Crippen LogP contribution in [-0.4, -0.2) is 26.1 Å². The molecule has 2 N–H and O–H groups in total. The maximum atomic E-state index is 6.70. The number of para-hydroxylation sites is 4. The van der Waals surface area contributed by atoms with Crippen molar-refractivity contribution in [1.29, 1.82) is 0 Å². The molecule has 3 aliphatic rings. The summed E-state index contributed by atoms with van der Waals surface area (Å²) >= 11 is 0. The van der Waals surface area contributed by atoms with Crippen molar-refractivity contribution < 1.29 is 4.42 Å². The fourth-order valence-electron chi connectivity index (χ4n) is 9.31. The van der Waals surface area contributed by atoms with Gasteiger partial charge in [0.2, 0.25) is 0 Å². The van der Waals surface area contributed by atoms with Gasteiger partial charge >= 0.3 is 0 Å². The topological polar surface area (TPSA) is 52.0 Å². The van der Waals surface area contributed by atoms with E-state index in [9.17, 15) is 0 Å². The average molecular weight is 631 g/mol. The van der Waals surface area contributed by atoms with Crippen LogP contribution in [0.5, 0.6) is 0 Å². The number of aromatic nitrogens is 2. The Labute approximate surface area is 281 Å². The van der Waals surface area contributed by atoms with Gasteiger partial charge in [-0.3, -0.25) is 4.90 Å². The predicted molar refractivity (Wildman–Crippen MR) is 200 cm³/mol. The van der Waals surface area contributed by atoms with E-state index in [-0.39, 0.29) is 24.3 Å². The van der Waals surface area contributed by atoms with Gasteiger partial charge in [0.25, 0.3) is 0 Å². The molecule has 5 unspecified atom stereocenters. The molecule has 232 valence electrons. The molecule has 3 aromatic heterocycles. The first-order valence-electron chi connectivity index (χ1n) is 17.1. The summed E-state index contributed by atoms with van der Waals surface area (Å²) in [7, 11) is 0. The van der Waals surface area contributed by atoms with Crippen LogP contribution in [0.2, 0.25) is 0 Å². The normalized spacial score (nSPS) is 22.4. The molecule has 1 saturated heterocycles. The third-order valence-electron chi connectivity index (χ3n) is 11.4. The molecular weight excluding hydrogens is 601 g/mol. The first-order valence-corrected chi connectivity index (χ1v) is 17.1. The highest BCUT2D eigenvalue weighted by Crippen LogP contribution is 2.64. The molecule has 2 aliphatic heterocycles. The molecule has 0 saturated carbocycles. The van der Waals surface area contributed by atoms with Crippen molar-refractivity contribution >= 4 is 65.6 Å². The molecular formula is C44H30N4O. The summed E-state index contributed by atoms with van der Waals surface area (Å²) in [6, 6.07) is 44.5. The Balaban J connectivity index is 1.15. The smallest absolute Gasteiger partial charge is 0.142 e. The quantitative estimate of drug-likeness (QED) is 0.198. The molecule has 5 heterocycles. The van der Waals surface area contributed by atoms with Crippen LogP contribution >= 0.6 is 0 Å². The highest BCUT2D eigenvalue weighted by Gasteiger charge is 2.60. The summed E-state index contributed by atoms with van der Waals surface area (Å²) in [5.74, 6) is 0. The van der Waals surface area contributed by atoms with Gasteiger partial charge in [-0.25, -0.2) is 0 Å². The lowest BCUT2D eigenvalue weighted by Crippen LogP contribution is -2.39. The van der Waals surface area contributed by atoms with E-state index in [1.165, 1.54) is 65.7 Å². The summed E-state index contributed by atoms with van der Waals surface area (Å²) in [5.41, 5.74) is 18.5. The Hall–Kier alpha value is -5.88. The van der Waals surface area contributed by atoms with E-state index < -0.39 is 0 Å². The number of allylic oxidation sites excluding steroid dienone is 2. The molecule has 6 aromatic carbocycles. The minimum atomic E-state index is -0.0466. The fourth-order valence-corrected chi connectivity index (χ4v) is 9.31. The fraction of sp³-hybridized carbons (Fsp3) is 0.0909. The Morgan fingerprint density at radius 2 is 1.39 bits per heavy atom. The zero-order valence-electron chi connectivity index (χ0n) is 26.5. The second-order valence-electron chi connectivity index (χ2n) is 13.8. The number of hydrogen-bond donors (Lipinski definition) is 1. The van der Waals surface area contributed by atoms with Crippen LogP contribution in [0.15, 0.2) is 150 Å². The summed E-state index contributed by atoms with van der Waals surface area (Å²) in [4.78, 5) is 2.57. The van der Waals surface area contributed by atoms with Gasteiger partial charge < -0.3 is 19.3 Å². The van der Waals surface area contributed by atoms with E-state index in [2.05, 4.69) is 160 Å². The van der Waals surface area contributed by atoms with Crippen molar-refractivity contribution in [2.24, 2.45) is 5.73 Å². The first kappa shape index (κ1) is 26.1. The third kappa shape index (κ3) is 3.26. The molecule has 5 nitrogen and oxygen atoms in total. The van der Waals surface area contributed by atoms with E-state index >= 15 is 0 Å². The Morgan fingerprint density at radius 3 is 2.29 bits per heavy atom. The standard InChI is InChI=1S/C44H30N4O/c45-34-17-6-8-19-37(34)48-42-39-41-32(24-33-29-14-5-9-20-38(29)49-43(33)39)31-23-25(21-22-36(31)47(41)44(42)48)27-15-10-16-30-28-13-4-7-18-35(28)46(40(27)30)26-11-2-1-3-12-26/h1-24,34,37,42,44H,45H2. The molecule has 0 radical (unpaired) electrons. The lowest BCUT2D eigenvalue weighted by atomic mass is 9.98. The van der Waals surface area contributed by atoms with Gasteiger partial charge in [-0.1, -0.05) is 103 Å². The second-order valence-corrected chi connectivity index (χ2v) is 13.8. The van der Waals surface area contributed by atoms with E-state index in [1.807, 2.05) is 0 Å². The number of nitrogens with zero attached hydrogens (tertiary/aromatic N) is 3. The molecule has 49 heavy (non-hydrogen) atoms. The van der Waals surface area contributed by atoms with Crippen molar-refractivity contribution in [3.63, 3.8) is 0 Å². The third-order valence-corrected chi connectivity index (χ3v) is 11.4. The molecule has 0 amide bonds. The Morgan fingerprint density at radius 1 is 0.592 bits per heavy atom. The van der Waals surface area contributed by atoms with Crippen LogP contribution in [0.4, 0.5) is 0 Å². The number of rotatable bonds is 3. The van der Waals surface area contributed by atoms with Crippen molar-refractivity contribution in [3.8, 4) is 16.8 Å². The maximum Gasteiger partial charge on any atom is 0.142 e. The van der Waals surface area contributed by atoms with E-state index in [0.717, 1.165) is 22.2 Å². The molecule has 0 spiro atoms. The summed E-state index contributed by atoms with van der Waals surface area (Å²) in [5, 5.41) is 7.43. The van der Waals surface area contributed by atoms with Crippen LogP contribution in [0, 0.1) is 0 Å². The van der Waals surface area contributed by atoms with Crippen LogP contribution < -0.4 is 5.73 Å². The molecule has 12 rings (SSSR count). The SMILES string of the molecule is NC1C=CC=CC1N1C2c3c4oc5ccccc5c4cc4c5cc(-c6cccc7c8ccccc8n(-c8ccccc8)c67)ccc5n(c34)C21. The average Bonchev–Trinajstić information content (AvgIpc) is 3.43. The van der Waals surface area contributed by atoms with Gasteiger partial charge in [0.15, 0.2) is 0 Å². The highest BCUT2D eigenvalue weighted by atomic mass is 16.3. The first-order chi connectivity index (χ1) is 24.3. The van der Waals surface area contributed by atoms with Crippen molar-refractivity contribution in [1.82, 2.24) is 14.0 Å². The number of nitrogens with two attached hydrogens (primary N) is 1. The molecule has 0 bridgehead atoms. The van der Waals surface area contributed by atoms with Crippen LogP contribution in [0.25, 0.3) is 82.4 Å². The molecule has 1 aliphatic carbocycles. The van der Waals surface area contributed by atoms with Gasteiger partial charge in [0.05, 0.1) is 28.1 Å². The van der Waals surface area contributed by atoms with Gasteiger partial charge in [-0.05, 0) is 48.0 Å². The minimum absolute atomic E-state index is 0.0466. The van der Waals surface area contributed by atoms with Gasteiger partial charge in [0, 0.05) is 61.2 Å². The maximum absolute atomic E-state index is 6.70. The van der Waals surface area contributed by atoms with E-state index in [0.29, 0.717) is 0 Å². The summed E-state index contributed by atoms with van der Waals surface area (Å²) in [6.07, 6.45) is 8.78. The second kappa shape index (κ2) is 9.17. The predicted octanol–water partition coefficient (Wildman–Crippen LogP) is 10.1. The Kier molecular flexibility index (Phi) is 4.89. The zero-order chi connectivity index (χ0) is 32.0. The van der Waals surface area contributed by atoms with Gasteiger partial charge in [-0.2, -0.15) is 0 Å². The lowest BCUT2D eigenvalue weighted by Gasteiger charge is -2.24. The van der Waals surface area contributed by atoms with E-state index in [4.69, 9.17) is 10.2 Å². The molecule has 9 aromatic rings. The zero-order valence-corrected chi connectivity index (χ0v) is 26.5. The lowest BCUT2D eigenvalue weighted by molar-refractivity contribution is 0.354. The molecule has 5 heteroatoms. The number of furan rings is 1. The van der Waals surface area contributed by atoms with E-state index in [1.54, 1.807) is 0 Å².